The van der Waals surface area contributed by atoms with Crippen molar-refractivity contribution in [2.45, 2.75) is 6.10 Å². The van der Waals surface area contributed by atoms with Gasteiger partial charge in [0, 0.05) is 19.2 Å². The molecule has 0 bridgehead atoms. The molecule has 9 heteroatoms. The Morgan fingerprint density at radius 3 is 2.78 bits per heavy atom. The first-order chi connectivity index (χ1) is 12.9. The van der Waals surface area contributed by atoms with Gasteiger partial charge in [-0.15, -0.1) is 0 Å². The van der Waals surface area contributed by atoms with Crippen LogP contribution in [0.25, 0.3) is 0 Å². The van der Waals surface area contributed by atoms with Crippen LogP contribution in [-0.2, 0) is 4.79 Å². The molecule has 0 aromatic heterocycles. The van der Waals surface area contributed by atoms with Crippen molar-refractivity contribution >= 4 is 23.2 Å². The summed E-state index contributed by atoms with van der Waals surface area (Å²) in [6, 6.07) is 11.1. The van der Waals surface area contributed by atoms with Crippen molar-refractivity contribution < 1.29 is 23.9 Å². The first-order valence-electron chi connectivity index (χ1n) is 8.13. The Bertz CT molecular complexity index is 859. The van der Waals surface area contributed by atoms with Crippen molar-refractivity contribution in [1.82, 2.24) is 4.90 Å². The van der Waals surface area contributed by atoms with Gasteiger partial charge in [-0.3, -0.25) is 14.9 Å². The third-order valence-electron chi connectivity index (χ3n) is 3.95. The van der Waals surface area contributed by atoms with Crippen molar-refractivity contribution in [3.8, 4) is 17.2 Å². The molecule has 0 N–H and O–H groups in total. The van der Waals surface area contributed by atoms with E-state index in [9.17, 15) is 14.9 Å². The molecular formula is C18H17ClN2O6. The van der Waals surface area contributed by atoms with Crippen LogP contribution in [0.15, 0.2) is 42.5 Å². The third kappa shape index (κ3) is 4.59. The summed E-state index contributed by atoms with van der Waals surface area (Å²) in [5.41, 5.74) is -0.148. The first kappa shape index (κ1) is 18.8. The lowest BCUT2D eigenvalue weighted by Crippen LogP contribution is -2.43. The van der Waals surface area contributed by atoms with Crippen LogP contribution in [-0.4, -0.2) is 48.6 Å². The summed E-state index contributed by atoms with van der Waals surface area (Å²) in [5, 5.41) is 10.8. The van der Waals surface area contributed by atoms with E-state index < -0.39 is 4.92 Å². The zero-order valence-electron chi connectivity index (χ0n) is 14.5. The number of halogens is 1. The molecule has 0 aliphatic carbocycles. The Labute approximate surface area is 160 Å². The molecule has 1 aliphatic heterocycles. The molecule has 1 heterocycles. The van der Waals surface area contributed by atoms with Gasteiger partial charge < -0.3 is 19.1 Å². The number of nitrogens with zero attached hydrogens (tertiary/aromatic N) is 2. The third-order valence-corrected chi connectivity index (χ3v) is 4.24. The molecule has 3 rings (SSSR count). The number of amides is 1. The number of fused-ring (bicyclic) bond motifs is 1. The normalized spacial score (nSPS) is 15.1. The smallest absolute Gasteiger partial charge is 0.271 e. The van der Waals surface area contributed by atoms with Crippen LogP contribution in [0.4, 0.5) is 5.69 Å². The number of benzene rings is 2. The van der Waals surface area contributed by atoms with Crippen LogP contribution in [0.3, 0.4) is 0 Å². The Morgan fingerprint density at radius 1 is 1.33 bits per heavy atom. The molecule has 0 radical (unpaired) electrons. The molecule has 0 saturated carbocycles. The number of likely N-dealkylation sites (N-methyl/N-ethyl adjacent to an activating group) is 1. The molecule has 1 aliphatic rings. The fraction of sp³-hybridized carbons (Fsp3) is 0.278. The number of nitro groups is 1. The second kappa shape index (κ2) is 8.13. The van der Waals surface area contributed by atoms with Crippen LogP contribution in [0, 0.1) is 10.1 Å². The molecule has 1 amide bonds. The molecule has 1 atom stereocenters. The minimum atomic E-state index is -0.557. The lowest BCUT2D eigenvalue weighted by Gasteiger charge is -2.29. The highest BCUT2D eigenvalue weighted by Crippen LogP contribution is 2.31. The average molecular weight is 393 g/mol. The summed E-state index contributed by atoms with van der Waals surface area (Å²) in [6.45, 7) is 0.409. The summed E-state index contributed by atoms with van der Waals surface area (Å²) < 4.78 is 16.8. The van der Waals surface area contributed by atoms with E-state index in [-0.39, 0.29) is 35.1 Å². The van der Waals surface area contributed by atoms with E-state index in [1.54, 1.807) is 7.05 Å². The summed E-state index contributed by atoms with van der Waals surface area (Å²) >= 11 is 5.95. The quantitative estimate of drug-likeness (QED) is 0.554. The van der Waals surface area contributed by atoms with Crippen molar-refractivity contribution in [2.24, 2.45) is 0 Å². The standard InChI is InChI=1S/C18H17ClN2O6/c1-20(9-13-10-25-16-4-2-3-5-17(16)27-13)18(22)11-26-15-7-6-12(21(23)24)8-14(15)19/h2-8,13H,9-11H2,1H3. The highest BCUT2D eigenvalue weighted by atomic mass is 35.5. The summed E-state index contributed by atoms with van der Waals surface area (Å²) in [5.74, 6) is 1.24. The number of carbonyl (C=O) groups is 1. The molecule has 8 nitrogen and oxygen atoms in total. The highest BCUT2D eigenvalue weighted by molar-refractivity contribution is 6.32. The number of hydrogen-bond donors (Lipinski definition) is 0. The summed E-state index contributed by atoms with van der Waals surface area (Å²) in [4.78, 5) is 23.9. The fourth-order valence-corrected chi connectivity index (χ4v) is 2.76. The number of nitro benzene ring substituents is 1. The maximum atomic E-state index is 12.3. The predicted octanol–water partition coefficient (Wildman–Crippen LogP) is 2.93. The van der Waals surface area contributed by atoms with Crippen molar-refractivity contribution in [3.05, 3.63) is 57.6 Å². The van der Waals surface area contributed by atoms with Crippen molar-refractivity contribution in [3.63, 3.8) is 0 Å². The Balaban J connectivity index is 1.52. The predicted molar refractivity (Wildman–Crippen MR) is 97.6 cm³/mol. The van der Waals surface area contributed by atoms with Crippen molar-refractivity contribution in [2.75, 3.05) is 26.8 Å². The summed E-state index contributed by atoms with van der Waals surface area (Å²) in [6.07, 6.45) is -0.295. The molecule has 0 saturated heterocycles. The number of rotatable bonds is 6. The Morgan fingerprint density at radius 2 is 2.07 bits per heavy atom. The minimum absolute atomic E-state index is 0.0697. The maximum Gasteiger partial charge on any atom is 0.271 e. The SMILES string of the molecule is CN(CC1COc2ccccc2O1)C(=O)COc1ccc([N+](=O)[O-])cc1Cl. The van der Waals surface area contributed by atoms with Gasteiger partial charge in [-0.2, -0.15) is 0 Å². The Hall–Kier alpha value is -3.00. The van der Waals surface area contributed by atoms with Crippen LogP contribution in [0.1, 0.15) is 0 Å². The van der Waals surface area contributed by atoms with E-state index >= 15 is 0 Å². The number of para-hydroxylation sites is 2. The van der Waals surface area contributed by atoms with Gasteiger partial charge in [-0.05, 0) is 18.2 Å². The van der Waals surface area contributed by atoms with Gasteiger partial charge >= 0.3 is 0 Å². The van der Waals surface area contributed by atoms with Crippen LogP contribution in [0.2, 0.25) is 5.02 Å². The van der Waals surface area contributed by atoms with E-state index in [0.717, 1.165) is 0 Å². The zero-order valence-corrected chi connectivity index (χ0v) is 15.2. The zero-order chi connectivity index (χ0) is 19.4. The van der Waals surface area contributed by atoms with Gasteiger partial charge in [-0.25, -0.2) is 0 Å². The molecule has 2 aromatic carbocycles. The number of ether oxygens (including phenoxy) is 3. The fourth-order valence-electron chi connectivity index (χ4n) is 2.53. The molecule has 0 spiro atoms. The molecule has 1 unspecified atom stereocenters. The van der Waals surface area contributed by atoms with Gasteiger partial charge in [-0.1, -0.05) is 23.7 Å². The van der Waals surface area contributed by atoms with E-state index in [1.807, 2.05) is 24.3 Å². The van der Waals surface area contributed by atoms with Gasteiger partial charge in [0.05, 0.1) is 16.5 Å². The monoisotopic (exact) mass is 392 g/mol. The van der Waals surface area contributed by atoms with Gasteiger partial charge in [0.1, 0.15) is 12.4 Å². The molecule has 27 heavy (non-hydrogen) atoms. The van der Waals surface area contributed by atoms with E-state index in [1.165, 1.54) is 23.1 Å². The van der Waals surface area contributed by atoms with Gasteiger partial charge in [0.2, 0.25) is 0 Å². The summed E-state index contributed by atoms with van der Waals surface area (Å²) in [7, 11) is 1.63. The largest absolute Gasteiger partial charge is 0.486 e. The second-order valence-corrected chi connectivity index (χ2v) is 6.34. The topological polar surface area (TPSA) is 91.1 Å². The maximum absolute atomic E-state index is 12.3. The van der Waals surface area contributed by atoms with Crippen LogP contribution in [0.5, 0.6) is 17.2 Å². The number of carbonyl (C=O) groups excluding carboxylic acids is 1. The molecule has 2 aromatic rings. The molecular weight excluding hydrogens is 376 g/mol. The van der Waals surface area contributed by atoms with Gasteiger partial charge in [0.15, 0.2) is 24.2 Å². The Kier molecular flexibility index (Phi) is 5.66. The van der Waals surface area contributed by atoms with Crippen molar-refractivity contribution in [1.29, 1.82) is 0 Å². The first-order valence-corrected chi connectivity index (χ1v) is 8.51. The second-order valence-electron chi connectivity index (χ2n) is 5.93. The number of hydrogen-bond acceptors (Lipinski definition) is 6. The highest BCUT2D eigenvalue weighted by Gasteiger charge is 2.24. The van der Waals surface area contributed by atoms with E-state index in [2.05, 4.69) is 0 Å². The number of non-ortho nitro benzene ring substituents is 1. The van der Waals surface area contributed by atoms with Crippen LogP contribution < -0.4 is 14.2 Å². The van der Waals surface area contributed by atoms with E-state index in [4.69, 9.17) is 25.8 Å². The minimum Gasteiger partial charge on any atom is -0.486 e. The molecule has 142 valence electrons. The van der Waals surface area contributed by atoms with E-state index in [0.29, 0.717) is 24.7 Å². The lowest BCUT2D eigenvalue weighted by atomic mass is 10.2. The van der Waals surface area contributed by atoms with Gasteiger partial charge in [0.25, 0.3) is 11.6 Å². The molecule has 0 fully saturated rings. The lowest BCUT2D eigenvalue weighted by molar-refractivity contribution is -0.384. The average Bonchev–Trinajstić information content (AvgIpc) is 2.66. The van der Waals surface area contributed by atoms with Crippen LogP contribution >= 0.6 is 11.6 Å².